The van der Waals surface area contributed by atoms with Gasteiger partial charge in [-0.05, 0) is 0 Å². The lowest BCUT2D eigenvalue weighted by Gasteiger charge is -2.26. The molecule has 0 aliphatic carbocycles. The summed E-state index contributed by atoms with van der Waals surface area (Å²) in [5.74, 6) is -5.75. The van der Waals surface area contributed by atoms with E-state index in [2.05, 4.69) is 0 Å². The minimum absolute atomic E-state index is 1.13. The van der Waals surface area contributed by atoms with Gasteiger partial charge in [0.1, 0.15) is 0 Å². The number of nitrogens with one attached hydrogen (secondary N) is 2. The second kappa shape index (κ2) is 2.12. The Morgan fingerprint density at radius 1 is 1.45 bits per heavy atom. The lowest BCUT2D eigenvalue weighted by Crippen LogP contribution is -2.64. The molecule has 1 rings (SSSR count). The van der Waals surface area contributed by atoms with Gasteiger partial charge in [-0.1, -0.05) is 0 Å². The van der Waals surface area contributed by atoms with Crippen molar-refractivity contribution in [3.05, 3.63) is 0 Å². The fourth-order valence-corrected chi connectivity index (χ4v) is 0.562. The van der Waals surface area contributed by atoms with E-state index >= 15 is 0 Å². The fraction of sp³-hybridized carbons (Fsp3) is 0.500. The van der Waals surface area contributed by atoms with Gasteiger partial charge >= 0.3 is 17.9 Å². The van der Waals surface area contributed by atoms with Crippen LogP contribution in [0.4, 0.5) is 13.6 Å². The molecule has 3 amide bonds. The first-order chi connectivity index (χ1) is 4.94. The van der Waals surface area contributed by atoms with E-state index in [0.29, 0.717) is 0 Å². The third-order valence-electron chi connectivity index (χ3n) is 1.14. The molecule has 5 nitrogen and oxygen atoms in total. The van der Waals surface area contributed by atoms with E-state index in [9.17, 15) is 18.4 Å². The molecule has 0 aromatic heterocycles. The zero-order valence-electron chi connectivity index (χ0n) is 5.10. The zero-order valence-corrected chi connectivity index (χ0v) is 5.10. The predicted octanol–water partition coefficient (Wildman–Crippen LogP) is -1.22. The highest BCUT2D eigenvalue weighted by Gasteiger charge is 2.51. The van der Waals surface area contributed by atoms with Crippen LogP contribution in [-0.4, -0.2) is 29.2 Å². The highest BCUT2D eigenvalue weighted by molar-refractivity contribution is 6.00. The topological polar surface area (TPSA) is 78.4 Å². The number of hydrogen-bond donors (Lipinski definition) is 3. The highest BCUT2D eigenvalue weighted by Crippen LogP contribution is 2.19. The molecular formula is C4H4F2N2O3. The van der Waals surface area contributed by atoms with E-state index < -0.39 is 24.1 Å². The van der Waals surface area contributed by atoms with Gasteiger partial charge in [-0.15, -0.1) is 0 Å². The summed E-state index contributed by atoms with van der Waals surface area (Å²) < 4.78 is 24.6. The number of halogens is 2. The molecule has 1 fully saturated rings. The molecule has 3 N–H and O–H groups in total. The standard InChI is InChI=1S/C4H4F2N2O3/c5-4(6)1(9)7-3(11)8-2(4)10/h1,9H,(H2,7,8,10,11). The minimum Gasteiger partial charge on any atom is -0.368 e. The maximum absolute atomic E-state index is 12.3. The first-order valence-electron chi connectivity index (χ1n) is 2.62. The summed E-state index contributed by atoms with van der Waals surface area (Å²) in [5, 5.41) is 11.2. The van der Waals surface area contributed by atoms with Crippen molar-refractivity contribution in [1.82, 2.24) is 10.6 Å². The van der Waals surface area contributed by atoms with Gasteiger partial charge in [-0.25, -0.2) is 4.79 Å². The van der Waals surface area contributed by atoms with Crippen molar-refractivity contribution in [2.45, 2.75) is 12.2 Å². The maximum atomic E-state index is 12.3. The number of hydrogen-bond acceptors (Lipinski definition) is 3. The van der Waals surface area contributed by atoms with Crippen LogP contribution in [0, 0.1) is 0 Å². The molecule has 0 aromatic rings. The molecule has 11 heavy (non-hydrogen) atoms. The van der Waals surface area contributed by atoms with E-state index in [0.717, 1.165) is 0 Å². The molecule has 62 valence electrons. The van der Waals surface area contributed by atoms with Crippen molar-refractivity contribution in [2.24, 2.45) is 0 Å². The Morgan fingerprint density at radius 2 is 2.00 bits per heavy atom. The van der Waals surface area contributed by atoms with Crippen LogP contribution >= 0.6 is 0 Å². The maximum Gasteiger partial charge on any atom is 0.368 e. The van der Waals surface area contributed by atoms with E-state index in [1.807, 2.05) is 0 Å². The first-order valence-corrected chi connectivity index (χ1v) is 2.62. The monoisotopic (exact) mass is 166 g/mol. The van der Waals surface area contributed by atoms with Gasteiger partial charge < -0.3 is 10.4 Å². The van der Waals surface area contributed by atoms with Crippen LogP contribution in [0.5, 0.6) is 0 Å². The molecule has 1 aliphatic rings. The van der Waals surface area contributed by atoms with Gasteiger partial charge in [0.15, 0.2) is 0 Å². The summed E-state index contributed by atoms with van der Waals surface area (Å²) in [6.07, 6.45) is -2.44. The number of rotatable bonds is 0. The third-order valence-corrected chi connectivity index (χ3v) is 1.14. The summed E-state index contributed by atoms with van der Waals surface area (Å²) in [7, 11) is 0. The van der Waals surface area contributed by atoms with Crippen molar-refractivity contribution in [3.63, 3.8) is 0 Å². The van der Waals surface area contributed by atoms with Crippen molar-refractivity contribution in [1.29, 1.82) is 0 Å². The van der Waals surface area contributed by atoms with Crippen LogP contribution in [0.1, 0.15) is 0 Å². The lowest BCUT2D eigenvalue weighted by atomic mass is 10.2. The molecule has 7 heteroatoms. The molecule has 0 bridgehead atoms. The van der Waals surface area contributed by atoms with Gasteiger partial charge in [0.2, 0.25) is 6.23 Å². The first kappa shape index (κ1) is 7.86. The van der Waals surface area contributed by atoms with E-state index in [1.54, 1.807) is 0 Å². The quantitative estimate of drug-likeness (QED) is 0.422. The van der Waals surface area contributed by atoms with Gasteiger partial charge in [0.05, 0.1) is 0 Å². The molecule has 0 spiro atoms. The van der Waals surface area contributed by atoms with Crippen molar-refractivity contribution >= 4 is 11.9 Å². The summed E-state index contributed by atoms with van der Waals surface area (Å²) in [6.45, 7) is 0. The Bertz CT molecular complexity index is 217. The average molecular weight is 166 g/mol. The van der Waals surface area contributed by atoms with Crippen LogP contribution in [0.25, 0.3) is 0 Å². The Hall–Kier alpha value is -1.24. The Labute approximate surface area is 59.4 Å². The number of aliphatic hydroxyl groups excluding tert-OH is 1. The van der Waals surface area contributed by atoms with Gasteiger partial charge in [0, 0.05) is 0 Å². The molecule has 1 saturated heterocycles. The normalized spacial score (nSPS) is 29.2. The molecule has 1 aliphatic heterocycles. The number of aliphatic hydroxyl groups is 1. The van der Waals surface area contributed by atoms with E-state index in [1.165, 1.54) is 10.6 Å². The molecule has 0 aromatic carbocycles. The van der Waals surface area contributed by atoms with Crippen LogP contribution < -0.4 is 10.6 Å². The number of carbonyl (C=O) groups excluding carboxylic acids is 2. The van der Waals surface area contributed by atoms with Crippen LogP contribution in [0.2, 0.25) is 0 Å². The van der Waals surface area contributed by atoms with Crippen molar-refractivity contribution in [2.75, 3.05) is 0 Å². The van der Waals surface area contributed by atoms with Crippen LogP contribution in [0.3, 0.4) is 0 Å². The number of carbonyl (C=O) groups is 2. The molecule has 1 atom stereocenters. The zero-order chi connectivity index (χ0) is 8.65. The highest BCUT2D eigenvalue weighted by atomic mass is 19.3. The molecule has 0 radical (unpaired) electrons. The second-order valence-corrected chi connectivity index (χ2v) is 1.95. The van der Waals surface area contributed by atoms with Crippen LogP contribution in [0.15, 0.2) is 0 Å². The fourth-order valence-electron chi connectivity index (χ4n) is 0.562. The second-order valence-electron chi connectivity index (χ2n) is 1.95. The smallest absolute Gasteiger partial charge is 0.368 e. The largest absolute Gasteiger partial charge is 0.368 e. The summed E-state index contributed by atoms with van der Waals surface area (Å²) >= 11 is 0. The van der Waals surface area contributed by atoms with Gasteiger partial charge in [-0.2, -0.15) is 8.78 Å². The van der Waals surface area contributed by atoms with E-state index in [4.69, 9.17) is 5.11 Å². The number of alkyl halides is 2. The third kappa shape index (κ3) is 1.14. The van der Waals surface area contributed by atoms with Gasteiger partial charge in [-0.3, -0.25) is 10.1 Å². The predicted molar refractivity (Wildman–Crippen MR) is 27.6 cm³/mol. The van der Waals surface area contributed by atoms with Gasteiger partial charge in [0.25, 0.3) is 0 Å². The molecule has 0 saturated carbocycles. The summed E-state index contributed by atoms with van der Waals surface area (Å²) in [6, 6.07) is -1.13. The Kier molecular flexibility index (Phi) is 1.52. The van der Waals surface area contributed by atoms with Crippen molar-refractivity contribution in [3.8, 4) is 0 Å². The van der Waals surface area contributed by atoms with E-state index in [-0.39, 0.29) is 0 Å². The summed E-state index contributed by atoms with van der Waals surface area (Å²) in [4.78, 5) is 20.5. The number of amides is 3. The molecular weight excluding hydrogens is 162 g/mol. The number of urea groups is 1. The number of imide groups is 1. The average Bonchev–Trinajstić information content (AvgIpc) is 1.84. The SMILES string of the molecule is O=C1NC(=O)C(F)(F)C(O)N1. The molecule has 1 unspecified atom stereocenters. The van der Waals surface area contributed by atoms with Crippen LogP contribution in [-0.2, 0) is 4.79 Å². The summed E-state index contributed by atoms with van der Waals surface area (Å²) in [5.41, 5.74) is 0. The Morgan fingerprint density at radius 3 is 2.45 bits per heavy atom. The molecule has 1 heterocycles. The Balaban J connectivity index is 2.84. The lowest BCUT2D eigenvalue weighted by molar-refractivity contribution is -0.168. The minimum atomic E-state index is -3.95. The van der Waals surface area contributed by atoms with Crippen molar-refractivity contribution < 1.29 is 23.5 Å².